The van der Waals surface area contributed by atoms with E-state index >= 15 is 0 Å². The second-order valence-corrected chi connectivity index (χ2v) is 11.6. The number of thiophene rings is 1. The standard InChI is InChI=1S/C21H30N4O4S2/c1-31(26,27)29-12-14-2-7-17-18(14)19-20(22-13-23-21(19)30-17)24-15-3-5-16(6-4-15)25-8-10-28-11-9-25/h13-16H,2-12H2,1H3,(H,22,23,24)/t14-,15-,16-/m1/s1. The molecular weight excluding hydrogens is 436 g/mol. The first-order valence-corrected chi connectivity index (χ1v) is 13.8. The molecule has 170 valence electrons. The third-order valence-electron chi connectivity index (χ3n) is 6.81. The van der Waals surface area contributed by atoms with Gasteiger partial charge in [0.1, 0.15) is 17.0 Å². The Balaban J connectivity index is 1.31. The lowest BCUT2D eigenvalue weighted by Crippen LogP contribution is -2.46. The molecule has 5 rings (SSSR count). The van der Waals surface area contributed by atoms with Gasteiger partial charge in [0.25, 0.3) is 10.1 Å². The Labute approximate surface area is 187 Å². The number of nitrogens with one attached hydrogen (secondary N) is 1. The van der Waals surface area contributed by atoms with Gasteiger partial charge in [0.05, 0.1) is 31.5 Å². The van der Waals surface area contributed by atoms with Crippen molar-refractivity contribution in [1.29, 1.82) is 0 Å². The highest BCUT2D eigenvalue weighted by atomic mass is 32.2. The summed E-state index contributed by atoms with van der Waals surface area (Å²) in [5.74, 6) is 0.964. The molecule has 3 heterocycles. The SMILES string of the molecule is CS(=O)(=O)OC[C@H]1CCc2sc3ncnc(N[C@H]4CC[C@H](N5CCOCC5)CC4)c3c21. The third kappa shape index (κ3) is 4.73. The van der Waals surface area contributed by atoms with Crippen LogP contribution in [0, 0.1) is 0 Å². The second kappa shape index (κ2) is 8.90. The summed E-state index contributed by atoms with van der Waals surface area (Å²) >= 11 is 1.70. The van der Waals surface area contributed by atoms with Crippen molar-refractivity contribution in [2.45, 2.75) is 56.5 Å². The predicted molar refractivity (Wildman–Crippen MR) is 121 cm³/mol. The molecule has 8 nitrogen and oxygen atoms in total. The van der Waals surface area contributed by atoms with Gasteiger partial charge in [-0.1, -0.05) is 0 Å². The molecule has 31 heavy (non-hydrogen) atoms. The van der Waals surface area contributed by atoms with Gasteiger partial charge >= 0.3 is 0 Å². The van der Waals surface area contributed by atoms with Crippen molar-refractivity contribution in [2.75, 3.05) is 44.5 Å². The first-order valence-electron chi connectivity index (χ1n) is 11.2. The van der Waals surface area contributed by atoms with Crippen LogP contribution in [0.2, 0.25) is 0 Å². The quantitative estimate of drug-likeness (QED) is 0.650. The minimum absolute atomic E-state index is 0.0714. The fraction of sp³-hybridized carbons (Fsp3) is 0.714. The summed E-state index contributed by atoms with van der Waals surface area (Å²) in [5, 5.41) is 4.78. The smallest absolute Gasteiger partial charge is 0.264 e. The summed E-state index contributed by atoms with van der Waals surface area (Å²) in [4.78, 5) is 14.0. The van der Waals surface area contributed by atoms with Gasteiger partial charge in [-0.15, -0.1) is 11.3 Å². The number of hydrogen-bond donors (Lipinski definition) is 1. The van der Waals surface area contributed by atoms with E-state index in [-0.39, 0.29) is 12.5 Å². The molecule has 2 aromatic rings. The van der Waals surface area contributed by atoms with Crippen LogP contribution in [0.3, 0.4) is 0 Å². The molecule has 0 spiro atoms. The Morgan fingerprint density at radius 3 is 2.71 bits per heavy atom. The normalized spacial score (nSPS) is 27.5. The number of morpholine rings is 1. The summed E-state index contributed by atoms with van der Waals surface area (Å²) in [7, 11) is -3.45. The van der Waals surface area contributed by atoms with E-state index in [0.717, 1.165) is 74.3 Å². The maximum atomic E-state index is 11.5. The molecule has 0 aromatic carbocycles. The number of rotatable bonds is 6. The molecule has 2 aromatic heterocycles. The zero-order valence-electron chi connectivity index (χ0n) is 17.9. The molecular formula is C21H30N4O4S2. The van der Waals surface area contributed by atoms with Crippen LogP contribution in [-0.4, -0.2) is 74.5 Å². The van der Waals surface area contributed by atoms with Crippen LogP contribution in [-0.2, 0) is 25.5 Å². The minimum atomic E-state index is -3.45. The first-order chi connectivity index (χ1) is 15.0. The molecule has 10 heteroatoms. The number of aromatic nitrogens is 2. The number of ether oxygens (including phenoxy) is 1. The highest BCUT2D eigenvalue weighted by molar-refractivity contribution is 7.85. The zero-order chi connectivity index (χ0) is 21.4. The molecule has 0 amide bonds. The molecule has 1 atom stereocenters. The van der Waals surface area contributed by atoms with E-state index in [4.69, 9.17) is 8.92 Å². The predicted octanol–water partition coefficient (Wildman–Crippen LogP) is 2.75. The molecule has 1 aliphatic heterocycles. The summed E-state index contributed by atoms with van der Waals surface area (Å²) in [6, 6.07) is 1.06. The average molecular weight is 467 g/mol. The molecule has 1 N–H and O–H groups in total. The van der Waals surface area contributed by atoms with Crippen molar-refractivity contribution in [3.63, 3.8) is 0 Å². The highest BCUT2D eigenvalue weighted by Gasteiger charge is 2.32. The number of fused-ring (bicyclic) bond motifs is 3. The highest BCUT2D eigenvalue weighted by Crippen LogP contribution is 2.45. The molecule has 0 unspecified atom stereocenters. The number of anilines is 1. The largest absolute Gasteiger partial charge is 0.379 e. The van der Waals surface area contributed by atoms with E-state index in [2.05, 4.69) is 20.2 Å². The van der Waals surface area contributed by atoms with E-state index in [1.54, 1.807) is 17.7 Å². The van der Waals surface area contributed by atoms with Crippen LogP contribution in [0.15, 0.2) is 6.33 Å². The van der Waals surface area contributed by atoms with Gasteiger partial charge in [0, 0.05) is 36.0 Å². The Kier molecular flexibility index (Phi) is 6.17. The van der Waals surface area contributed by atoms with Crippen molar-refractivity contribution in [3.8, 4) is 0 Å². The lowest BCUT2D eigenvalue weighted by Gasteiger charge is -2.39. The van der Waals surface area contributed by atoms with Gasteiger partial charge in [-0.3, -0.25) is 9.08 Å². The van der Waals surface area contributed by atoms with Crippen molar-refractivity contribution in [2.24, 2.45) is 0 Å². The van der Waals surface area contributed by atoms with Crippen molar-refractivity contribution in [1.82, 2.24) is 14.9 Å². The molecule has 0 bridgehead atoms. The Hall–Kier alpha value is -1.33. The topological polar surface area (TPSA) is 93.7 Å². The van der Waals surface area contributed by atoms with E-state index < -0.39 is 10.1 Å². The van der Waals surface area contributed by atoms with Crippen LogP contribution in [0.1, 0.15) is 48.5 Å². The van der Waals surface area contributed by atoms with Crippen molar-refractivity contribution >= 4 is 37.5 Å². The maximum absolute atomic E-state index is 11.5. The Morgan fingerprint density at radius 2 is 1.97 bits per heavy atom. The number of aryl methyl sites for hydroxylation is 1. The maximum Gasteiger partial charge on any atom is 0.264 e. The fourth-order valence-corrected chi connectivity index (χ4v) is 6.92. The zero-order valence-corrected chi connectivity index (χ0v) is 19.5. The minimum Gasteiger partial charge on any atom is -0.379 e. The van der Waals surface area contributed by atoms with Gasteiger partial charge in [-0.25, -0.2) is 9.97 Å². The van der Waals surface area contributed by atoms with Crippen LogP contribution in [0.4, 0.5) is 5.82 Å². The monoisotopic (exact) mass is 466 g/mol. The molecule has 2 aliphatic carbocycles. The van der Waals surface area contributed by atoms with Gasteiger partial charge in [-0.2, -0.15) is 8.42 Å². The molecule has 2 fully saturated rings. The van der Waals surface area contributed by atoms with E-state index in [1.165, 1.54) is 23.3 Å². The third-order valence-corrected chi connectivity index (χ3v) is 8.55. The average Bonchev–Trinajstić information content (AvgIpc) is 3.32. The molecule has 1 saturated heterocycles. The summed E-state index contributed by atoms with van der Waals surface area (Å²) in [6.45, 7) is 3.99. The van der Waals surface area contributed by atoms with Gasteiger partial charge in [-0.05, 0) is 44.1 Å². The van der Waals surface area contributed by atoms with Crippen LogP contribution in [0.5, 0.6) is 0 Å². The summed E-state index contributed by atoms with van der Waals surface area (Å²) in [6.07, 6.45) is 9.23. The van der Waals surface area contributed by atoms with E-state index in [1.807, 2.05) is 0 Å². The molecule has 1 saturated carbocycles. The molecule has 0 radical (unpaired) electrons. The lowest BCUT2D eigenvalue weighted by molar-refractivity contribution is 0.00791. The second-order valence-electron chi connectivity index (χ2n) is 8.86. The van der Waals surface area contributed by atoms with E-state index in [0.29, 0.717) is 12.1 Å². The van der Waals surface area contributed by atoms with Crippen LogP contribution >= 0.6 is 11.3 Å². The Morgan fingerprint density at radius 1 is 1.19 bits per heavy atom. The van der Waals surface area contributed by atoms with E-state index in [9.17, 15) is 8.42 Å². The van der Waals surface area contributed by atoms with Gasteiger partial charge in [0.2, 0.25) is 0 Å². The molecule has 3 aliphatic rings. The number of hydrogen-bond acceptors (Lipinski definition) is 9. The van der Waals surface area contributed by atoms with Crippen LogP contribution < -0.4 is 5.32 Å². The van der Waals surface area contributed by atoms with Gasteiger partial charge in [0.15, 0.2) is 0 Å². The first kappa shape index (κ1) is 21.5. The summed E-state index contributed by atoms with van der Waals surface area (Å²) < 4.78 is 33.7. The fourth-order valence-electron chi connectivity index (χ4n) is 5.27. The Bertz CT molecular complexity index is 1030. The van der Waals surface area contributed by atoms with Gasteiger partial charge < -0.3 is 10.1 Å². The van der Waals surface area contributed by atoms with Crippen molar-refractivity contribution < 1.29 is 17.3 Å². The summed E-state index contributed by atoms with van der Waals surface area (Å²) in [5.41, 5.74) is 1.19. The van der Waals surface area contributed by atoms with Crippen molar-refractivity contribution in [3.05, 3.63) is 16.8 Å². The van der Waals surface area contributed by atoms with Crippen LogP contribution in [0.25, 0.3) is 10.2 Å². The number of nitrogens with zero attached hydrogens (tertiary/aromatic N) is 3. The lowest BCUT2D eigenvalue weighted by atomic mass is 9.90.